The molecule has 0 unspecified atom stereocenters. The molecule has 0 fully saturated rings. The van der Waals surface area contributed by atoms with E-state index in [2.05, 4.69) is 301 Å². The lowest BCUT2D eigenvalue weighted by atomic mass is 9.67. The van der Waals surface area contributed by atoms with Crippen molar-refractivity contribution in [3.63, 3.8) is 0 Å². The van der Waals surface area contributed by atoms with Crippen LogP contribution in [0.1, 0.15) is 22.3 Å². The minimum atomic E-state index is -0.777. The highest BCUT2D eigenvalue weighted by Crippen LogP contribution is 2.61. The molecule has 1 heterocycles. The van der Waals surface area contributed by atoms with Crippen LogP contribution < -0.4 is 9.80 Å². The van der Waals surface area contributed by atoms with Crippen LogP contribution in [0.2, 0.25) is 0 Å². The van der Waals surface area contributed by atoms with E-state index in [9.17, 15) is 0 Å². The Balaban J connectivity index is 1.09. The molecule has 74 heavy (non-hydrogen) atoms. The molecule has 0 N–H and O–H groups in total. The average molecular weight is 961 g/mol. The molecular formula is C71H48N2S. The van der Waals surface area contributed by atoms with Crippen LogP contribution in [0.15, 0.2) is 291 Å². The second kappa shape index (κ2) is 18.1. The van der Waals surface area contributed by atoms with Gasteiger partial charge in [-0.05, 0) is 134 Å². The number of rotatable bonds is 10. The molecule has 0 saturated heterocycles. The standard InChI is InChI=1S/C71H48N2S/c1-6-20-49(21-7-1)51-34-38-53(39-35-51)71(54-40-36-52(37-41-54)50-22-8-2-9-23-50)65-46-58(72(55-24-10-3-11-25-55)59-42-44-62-61-31-18-19-33-68(61)74-69(62)47-59)43-45-64(65)70-63-32-17-16-30-60(63)67(48-66(70)71)73(56-26-12-4-13-27-56)57-28-14-5-15-29-57/h1-48H. The zero-order valence-corrected chi connectivity index (χ0v) is 41.3. The quantitative estimate of drug-likeness (QED) is 0.135. The Kier molecular flexibility index (Phi) is 10.6. The minimum absolute atomic E-state index is 0.777. The van der Waals surface area contributed by atoms with Gasteiger partial charge >= 0.3 is 0 Å². The van der Waals surface area contributed by atoms with Crippen molar-refractivity contribution in [2.75, 3.05) is 9.80 Å². The Hall–Kier alpha value is -9.28. The lowest BCUT2D eigenvalue weighted by Crippen LogP contribution is -2.29. The van der Waals surface area contributed by atoms with Crippen molar-refractivity contribution in [1.82, 2.24) is 0 Å². The fraction of sp³-hybridized carbons (Fsp3) is 0.0141. The number of fused-ring (bicyclic) bond motifs is 8. The largest absolute Gasteiger partial charge is 0.310 e. The van der Waals surface area contributed by atoms with E-state index in [0.29, 0.717) is 0 Å². The molecule has 1 aliphatic carbocycles. The molecule has 0 atom stereocenters. The van der Waals surface area contributed by atoms with Gasteiger partial charge in [-0.2, -0.15) is 0 Å². The van der Waals surface area contributed by atoms with Crippen LogP contribution >= 0.6 is 11.3 Å². The van der Waals surface area contributed by atoms with E-state index in [1.54, 1.807) is 0 Å². The van der Waals surface area contributed by atoms with Crippen LogP contribution in [0.3, 0.4) is 0 Å². The number of nitrogens with zero attached hydrogens (tertiary/aromatic N) is 2. The number of hydrogen-bond donors (Lipinski definition) is 0. The Morgan fingerprint density at radius 3 is 1.27 bits per heavy atom. The van der Waals surface area contributed by atoms with Crippen molar-refractivity contribution in [2.45, 2.75) is 5.41 Å². The van der Waals surface area contributed by atoms with Crippen molar-refractivity contribution < 1.29 is 0 Å². The van der Waals surface area contributed by atoms with E-state index in [0.717, 1.165) is 34.1 Å². The second-order valence-electron chi connectivity index (χ2n) is 19.2. The summed E-state index contributed by atoms with van der Waals surface area (Å²) in [6.45, 7) is 0. The summed E-state index contributed by atoms with van der Waals surface area (Å²) in [7, 11) is 0. The van der Waals surface area contributed by atoms with Gasteiger partial charge in [0, 0.05) is 54.0 Å². The molecule has 0 saturated carbocycles. The first kappa shape index (κ1) is 43.5. The van der Waals surface area contributed by atoms with Crippen LogP contribution in [0.5, 0.6) is 0 Å². The topological polar surface area (TPSA) is 6.48 Å². The highest BCUT2D eigenvalue weighted by molar-refractivity contribution is 7.25. The molecule has 0 radical (unpaired) electrons. The van der Waals surface area contributed by atoms with Gasteiger partial charge in [-0.3, -0.25) is 0 Å². The van der Waals surface area contributed by atoms with Gasteiger partial charge in [-0.1, -0.05) is 218 Å². The van der Waals surface area contributed by atoms with Crippen LogP contribution in [-0.2, 0) is 5.41 Å². The zero-order valence-electron chi connectivity index (χ0n) is 40.5. The molecule has 0 bridgehead atoms. The molecule has 13 aromatic rings. The fourth-order valence-corrected chi connectivity index (χ4v) is 12.9. The molecule has 12 aromatic carbocycles. The third kappa shape index (κ3) is 7.16. The molecule has 14 rings (SSSR count). The Morgan fingerprint density at radius 1 is 0.270 bits per heavy atom. The van der Waals surface area contributed by atoms with E-state index in [1.807, 2.05) is 11.3 Å². The van der Waals surface area contributed by atoms with Crippen molar-refractivity contribution >= 4 is 76.4 Å². The third-order valence-electron chi connectivity index (χ3n) is 15.1. The first-order valence-electron chi connectivity index (χ1n) is 25.4. The van der Waals surface area contributed by atoms with Crippen LogP contribution in [0.25, 0.3) is 64.3 Å². The molecule has 0 amide bonds. The summed E-state index contributed by atoms with van der Waals surface area (Å²) in [4.78, 5) is 4.89. The molecule has 3 heteroatoms. The Morgan fingerprint density at radius 2 is 0.703 bits per heavy atom. The van der Waals surface area contributed by atoms with E-state index in [-0.39, 0.29) is 0 Å². The number of benzene rings is 12. The number of para-hydroxylation sites is 3. The summed E-state index contributed by atoms with van der Waals surface area (Å²) in [6.07, 6.45) is 0. The van der Waals surface area contributed by atoms with Crippen LogP contribution in [0.4, 0.5) is 34.1 Å². The van der Waals surface area contributed by atoms with Gasteiger partial charge < -0.3 is 9.80 Å². The van der Waals surface area contributed by atoms with Gasteiger partial charge in [0.25, 0.3) is 0 Å². The van der Waals surface area contributed by atoms with Crippen LogP contribution in [0, 0.1) is 0 Å². The van der Waals surface area contributed by atoms with Gasteiger partial charge in [0.2, 0.25) is 0 Å². The maximum atomic E-state index is 2.53. The number of thiophene rings is 1. The first-order valence-corrected chi connectivity index (χ1v) is 26.2. The lowest BCUT2D eigenvalue weighted by molar-refractivity contribution is 0.769. The van der Waals surface area contributed by atoms with Gasteiger partial charge in [0.15, 0.2) is 0 Å². The maximum Gasteiger partial charge on any atom is 0.0715 e. The van der Waals surface area contributed by atoms with Crippen molar-refractivity contribution in [2.24, 2.45) is 0 Å². The Labute approximate surface area is 436 Å². The molecule has 1 aliphatic rings. The SMILES string of the molecule is c1ccc(-c2ccc(C3(c4ccc(-c5ccccc5)cc4)c4cc(N(c5ccccc5)c5ccc6c(c5)sc5ccccc56)ccc4-c4c3cc(N(c3ccccc3)c3ccccc3)c3ccccc43)cc2)cc1. The van der Waals surface area contributed by atoms with Crippen molar-refractivity contribution in [3.8, 4) is 33.4 Å². The monoisotopic (exact) mass is 960 g/mol. The zero-order chi connectivity index (χ0) is 49.0. The van der Waals surface area contributed by atoms with E-state index in [4.69, 9.17) is 0 Å². The molecule has 348 valence electrons. The third-order valence-corrected chi connectivity index (χ3v) is 16.2. The maximum absolute atomic E-state index is 2.53. The molecule has 0 spiro atoms. The highest BCUT2D eigenvalue weighted by Gasteiger charge is 2.48. The van der Waals surface area contributed by atoms with Gasteiger partial charge in [-0.25, -0.2) is 0 Å². The molecule has 2 nitrogen and oxygen atoms in total. The summed E-state index contributed by atoms with van der Waals surface area (Å²) in [5, 5.41) is 4.98. The predicted octanol–water partition coefficient (Wildman–Crippen LogP) is 19.8. The average Bonchev–Trinajstić information content (AvgIpc) is 4.01. The summed E-state index contributed by atoms with van der Waals surface area (Å²) in [5.41, 5.74) is 18.0. The minimum Gasteiger partial charge on any atom is -0.310 e. The predicted molar refractivity (Wildman–Crippen MR) is 314 cm³/mol. The van der Waals surface area contributed by atoms with Crippen LogP contribution in [-0.4, -0.2) is 0 Å². The fourth-order valence-electron chi connectivity index (χ4n) is 11.8. The molecule has 0 aliphatic heterocycles. The lowest BCUT2D eigenvalue weighted by Gasteiger charge is -2.36. The first-order chi connectivity index (χ1) is 36.7. The summed E-state index contributed by atoms with van der Waals surface area (Å²) in [5.74, 6) is 0. The van der Waals surface area contributed by atoms with Gasteiger partial charge in [-0.15, -0.1) is 11.3 Å². The van der Waals surface area contributed by atoms with Crippen molar-refractivity contribution in [1.29, 1.82) is 0 Å². The van der Waals surface area contributed by atoms with E-state index >= 15 is 0 Å². The molecule has 1 aromatic heterocycles. The Bertz CT molecular complexity index is 4030. The van der Waals surface area contributed by atoms with E-state index < -0.39 is 5.41 Å². The summed E-state index contributed by atoms with van der Waals surface area (Å²) >= 11 is 1.86. The van der Waals surface area contributed by atoms with Crippen molar-refractivity contribution in [3.05, 3.63) is 313 Å². The van der Waals surface area contributed by atoms with Gasteiger partial charge in [0.1, 0.15) is 0 Å². The number of hydrogen-bond acceptors (Lipinski definition) is 3. The van der Waals surface area contributed by atoms with E-state index in [1.165, 1.54) is 86.6 Å². The second-order valence-corrected chi connectivity index (χ2v) is 20.3. The smallest absolute Gasteiger partial charge is 0.0715 e. The number of anilines is 6. The highest BCUT2D eigenvalue weighted by atomic mass is 32.1. The summed E-state index contributed by atoms with van der Waals surface area (Å²) < 4.78 is 2.57. The summed E-state index contributed by atoms with van der Waals surface area (Å²) in [6, 6.07) is 107. The normalized spacial score (nSPS) is 12.4. The molecular weight excluding hydrogens is 913 g/mol. The van der Waals surface area contributed by atoms with Gasteiger partial charge in [0.05, 0.1) is 11.1 Å².